The average Bonchev–Trinajstić information content (AvgIpc) is 2.87. The van der Waals surface area contributed by atoms with E-state index < -0.39 is 6.61 Å². The topological polar surface area (TPSA) is 66.0 Å². The van der Waals surface area contributed by atoms with E-state index in [1.54, 1.807) is 18.3 Å². The Hall–Kier alpha value is -2.20. The number of carbonyl (C=O) groups is 1. The predicted molar refractivity (Wildman–Crippen MR) is 85.8 cm³/mol. The largest absolute Gasteiger partial charge is 0.388 e. The molecule has 0 radical (unpaired) electrons. The Morgan fingerprint density at radius 3 is 3.09 bits per heavy atom. The Bertz CT molecular complexity index is 835. The van der Waals surface area contributed by atoms with Gasteiger partial charge in [0.05, 0.1) is 0 Å². The van der Waals surface area contributed by atoms with E-state index in [-0.39, 0.29) is 11.2 Å². The van der Waals surface area contributed by atoms with Crippen LogP contribution < -0.4 is 10.6 Å². The number of hydrogen-bond acceptors (Lipinski definition) is 3. The molecular formula is C18H20N2O2. The first-order valence-corrected chi connectivity index (χ1v) is 7.47. The first kappa shape index (κ1) is 14.7. The summed E-state index contributed by atoms with van der Waals surface area (Å²) in [6, 6.07) is 3.44. The van der Waals surface area contributed by atoms with Gasteiger partial charge in [0.2, 0.25) is 0 Å². The van der Waals surface area contributed by atoms with E-state index in [0.717, 1.165) is 18.5 Å². The molecule has 114 valence electrons. The van der Waals surface area contributed by atoms with Gasteiger partial charge in [0.25, 0.3) is 0 Å². The number of aromatic nitrogens is 2. The zero-order valence-corrected chi connectivity index (χ0v) is 12.9. The number of nitrogens with one attached hydrogen (secondary N) is 1. The van der Waals surface area contributed by atoms with Crippen molar-refractivity contribution in [3.8, 4) is 0 Å². The summed E-state index contributed by atoms with van der Waals surface area (Å²) in [6.45, 7) is 3.85. The van der Waals surface area contributed by atoms with E-state index in [1.807, 2.05) is 6.20 Å². The molecule has 0 aliphatic heterocycles. The molecule has 4 nitrogen and oxygen atoms in total. The quantitative estimate of drug-likeness (QED) is 0.831. The van der Waals surface area contributed by atoms with Crippen LogP contribution in [-0.4, -0.2) is 27.5 Å². The number of H-pyrrole nitrogens is 1. The molecule has 0 spiro atoms. The van der Waals surface area contributed by atoms with Gasteiger partial charge in [0.15, 0.2) is 5.78 Å². The number of ketones is 1. The van der Waals surface area contributed by atoms with Gasteiger partial charge in [-0.3, -0.25) is 9.78 Å². The summed E-state index contributed by atoms with van der Waals surface area (Å²) in [6.07, 6.45) is 9.89. The molecule has 0 fully saturated rings. The number of aliphatic hydroxyl groups excluding tert-OH is 1. The lowest BCUT2D eigenvalue weighted by molar-refractivity contribution is 0.0903. The maximum atomic E-state index is 11.6. The van der Waals surface area contributed by atoms with Gasteiger partial charge in [-0.05, 0) is 48.1 Å². The fraction of sp³-hybridized carbons (Fsp3) is 0.333. The van der Waals surface area contributed by atoms with Gasteiger partial charge < -0.3 is 10.1 Å². The van der Waals surface area contributed by atoms with E-state index in [2.05, 4.69) is 36.0 Å². The lowest BCUT2D eigenvalue weighted by atomic mass is 9.79. The fourth-order valence-corrected chi connectivity index (χ4v) is 3.03. The number of hydrogen-bond donors (Lipinski definition) is 2. The van der Waals surface area contributed by atoms with E-state index in [1.165, 1.54) is 16.1 Å². The molecule has 1 unspecified atom stereocenters. The molecule has 1 aliphatic carbocycles. The molecule has 1 aliphatic rings. The Labute approximate surface area is 129 Å². The van der Waals surface area contributed by atoms with Gasteiger partial charge in [-0.15, -0.1) is 0 Å². The molecule has 1 atom stereocenters. The summed E-state index contributed by atoms with van der Waals surface area (Å²) in [5, 5.41) is 11.4. The Morgan fingerprint density at radius 1 is 1.50 bits per heavy atom. The molecule has 2 heterocycles. The van der Waals surface area contributed by atoms with Crippen molar-refractivity contribution in [2.24, 2.45) is 5.41 Å². The highest BCUT2D eigenvalue weighted by Gasteiger charge is 2.24. The maximum Gasteiger partial charge on any atom is 0.188 e. The number of pyridine rings is 1. The number of aliphatic hydroxyl groups is 1. The molecule has 22 heavy (non-hydrogen) atoms. The highest BCUT2D eigenvalue weighted by molar-refractivity contribution is 5.96. The molecule has 4 heteroatoms. The average molecular weight is 296 g/mol. The van der Waals surface area contributed by atoms with Crippen molar-refractivity contribution in [1.29, 1.82) is 0 Å². The Kier molecular flexibility index (Phi) is 3.71. The van der Waals surface area contributed by atoms with Crippen molar-refractivity contribution >= 4 is 17.9 Å². The van der Waals surface area contributed by atoms with E-state index in [4.69, 9.17) is 5.11 Å². The van der Waals surface area contributed by atoms with Crippen LogP contribution in [0.1, 0.15) is 35.0 Å². The molecule has 3 rings (SSSR count). The van der Waals surface area contributed by atoms with Gasteiger partial charge in [-0.2, -0.15) is 0 Å². The zero-order valence-electron chi connectivity index (χ0n) is 12.9. The van der Waals surface area contributed by atoms with Gasteiger partial charge in [-0.25, -0.2) is 0 Å². The summed E-state index contributed by atoms with van der Waals surface area (Å²) in [4.78, 5) is 19.3. The third-order valence-corrected chi connectivity index (χ3v) is 4.29. The van der Waals surface area contributed by atoms with E-state index in [9.17, 15) is 4.79 Å². The molecule has 2 N–H and O–H groups in total. The number of rotatable bonds is 4. The molecule has 0 saturated heterocycles. The molecule has 0 aromatic carbocycles. The van der Waals surface area contributed by atoms with Crippen LogP contribution in [0.2, 0.25) is 0 Å². The number of aromatic amines is 1. The Morgan fingerprint density at radius 2 is 2.32 bits per heavy atom. The molecule has 2 aromatic rings. The Balaban J connectivity index is 1.92. The molecule has 0 bridgehead atoms. The van der Waals surface area contributed by atoms with Gasteiger partial charge in [0, 0.05) is 29.0 Å². The summed E-state index contributed by atoms with van der Waals surface area (Å²) < 4.78 is 0. The minimum absolute atomic E-state index is 0.0200. The standard InChI is InChI=1S/C18H20N2O2/c1-12-10-20-16-3-5-18(2,9-15(12)16)8-14-7-13(4-6-19-14)17(22)11-21/h3-4,6-7,9-10,20-21H,5,8,11H2,1-2H3. The van der Waals surface area contributed by atoms with Gasteiger partial charge in [0.1, 0.15) is 6.61 Å². The second-order valence-corrected chi connectivity index (χ2v) is 6.30. The van der Waals surface area contributed by atoms with Crippen molar-refractivity contribution in [1.82, 2.24) is 9.97 Å². The first-order valence-electron chi connectivity index (χ1n) is 7.47. The van der Waals surface area contributed by atoms with Crippen LogP contribution in [0.5, 0.6) is 0 Å². The third-order valence-electron chi connectivity index (χ3n) is 4.29. The highest BCUT2D eigenvalue weighted by atomic mass is 16.3. The van der Waals surface area contributed by atoms with Crippen molar-refractivity contribution in [3.05, 3.63) is 51.9 Å². The lowest BCUT2D eigenvalue weighted by Crippen LogP contribution is -2.34. The number of aryl methyl sites for hydroxylation is 1. The summed E-state index contributed by atoms with van der Waals surface area (Å²) in [5.74, 6) is -0.267. The van der Waals surface area contributed by atoms with Crippen molar-refractivity contribution in [2.45, 2.75) is 26.7 Å². The van der Waals surface area contributed by atoms with Crippen molar-refractivity contribution < 1.29 is 9.90 Å². The number of fused-ring (bicyclic) bond motifs is 1. The predicted octanol–water partition coefficient (Wildman–Crippen LogP) is 1.11. The van der Waals surface area contributed by atoms with Crippen molar-refractivity contribution in [2.75, 3.05) is 6.61 Å². The SMILES string of the molecule is Cc1c[nH]c2c1=CC(C)(Cc1cc(C(=O)CO)ccn1)CC=2. The molecule has 2 aromatic heterocycles. The highest BCUT2D eigenvalue weighted by Crippen LogP contribution is 2.30. The third kappa shape index (κ3) is 2.74. The number of Topliss-reactive ketones (excluding diaryl/α,β-unsaturated/α-hetero) is 1. The lowest BCUT2D eigenvalue weighted by Gasteiger charge is -2.26. The molecule has 0 amide bonds. The summed E-state index contributed by atoms with van der Waals surface area (Å²) in [7, 11) is 0. The van der Waals surface area contributed by atoms with Crippen molar-refractivity contribution in [3.63, 3.8) is 0 Å². The summed E-state index contributed by atoms with van der Waals surface area (Å²) in [5.41, 5.74) is 2.63. The molecular weight excluding hydrogens is 276 g/mol. The maximum absolute atomic E-state index is 11.6. The van der Waals surface area contributed by atoms with E-state index in [0.29, 0.717) is 5.56 Å². The number of nitrogens with zero attached hydrogens (tertiary/aromatic N) is 1. The fourth-order valence-electron chi connectivity index (χ4n) is 3.03. The minimum atomic E-state index is -0.466. The minimum Gasteiger partial charge on any atom is -0.388 e. The monoisotopic (exact) mass is 296 g/mol. The van der Waals surface area contributed by atoms with Crippen LogP contribution in [0, 0.1) is 12.3 Å². The van der Waals surface area contributed by atoms with Crippen LogP contribution in [0.15, 0.2) is 24.5 Å². The second kappa shape index (κ2) is 5.54. The summed E-state index contributed by atoms with van der Waals surface area (Å²) >= 11 is 0. The molecule has 0 saturated carbocycles. The van der Waals surface area contributed by atoms with E-state index >= 15 is 0 Å². The smallest absolute Gasteiger partial charge is 0.188 e. The zero-order chi connectivity index (χ0) is 15.7. The van der Waals surface area contributed by atoms with Crippen LogP contribution in [0.25, 0.3) is 12.2 Å². The van der Waals surface area contributed by atoms with Crippen LogP contribution in [0.3, 0.4) is 0 Å². The number of carbonyl (C=O) groups excluding carboxylic acids is 1. The van der Waals surface area contributed by atoms with Gasteiger partial charge in [-0.1, -0.05) is 19.1 Å². The second-order valence-electron chi connectivity index (χ2n) is 6.30. The van der Waals surface area contributed by atoms with Crippen LogP contribution in [-0.2, 0) is 6.42 Å². The van der Waals surface area contributed by atoms with Crippen LogP contribution >= 0.6 is 0 Å². The normalized spacial score (nSPS) is 20.0. The first-order chi connectivity index (χ1) is 10.5. The van der Waals surface area contributed by atoms with Gasteiger partial charge >= 0.3 is 0 Å². The van der Waals surface area contributed by atoms with Crippen LogP contribution in [0.4, 0.5) is 0 Å².